The number of aromatic nitrogens is 4. The number of fused-ring (bicyclic) bond motifs is 8. The van der Waals surface area contributed by atoms with Crippen LogP contribution < -0.4 is 9.97 Å². The minimum atomic E-state index is 0. The van der Waals surface area contributed by atoms with Crippen molar-refractivity contribution in [3.63, 3.8) is 0 Å². The summed E-state index contributed by atoms with van der Waals surface area (Å²) >= 11 is 0. The van der Waals surface area contributed by atoms with Crippen molar-refractivity contribution in [2.24, 2.45) is 0 Å². The third-order valence-electron chi connectivity index (χ3n) is 8.86. The molecule has 5 heteroatoms. The summed E-state index contributed by atoms with van der Waals surface area (Å²) < 4.78 is 0. The molecule has 5 heterocycles. The minimum Gasteiger partial charge on any atom is -0.657 e. The molecule has 4 nitrogen and oxygen atoms in total. The maximum absolute atomic E-state index is 5.31. The van der Waals surface area contributed by atoms with E-state index in [4.69, 9.17) is 19.9 Å². The van der Waals surface area contributed by atoms with Gasteiger partial charge in [0.2, 0.25) is 0 Å². The van der Waals surface area contributed by atoms with E-state index in [1.54, 1.807) is 0 Å². The summed E-state index contributed by atoms with van der Waals surface area (Å²) in [7, 11) is 0. The van der Waals surface area contributed by atoms with Crippen LogP contribution >= 0.6 is 0 Å². The van der Waals surface area contributed by atoms with E-state index >= 15 is 0 Å². The van der Waals surface area contributed by atoms with Gasteiger partial charge >= 0.3 is 17.1 Å². The van der Waals surface area contributed by atoms with E-state index < -0.39 is 0 Å². The second-order valence-electron chi connectivity index (χ2n) is 11.8. The van der Waals surface area contributed by atoms with E-state index in [-0.39, 0.29) is 17.1 Å². The zero-order valence-electron chi connectivity index (χ0n) is 26.3. The Morgan fingerprint density at radius 2 is 0.510 bits per heavy atom. The molecule has 4 aromatic carbocycles. The van der Waals surface area contributed by atoms with Gasteiger partial charge in [-0.3, -0.25) is 0 Å². The van der Waals surface area contributed by atoms with Gasteiger partial charge in [0.15, 0.2) is 0 Å². The van der Waals surface area contributed by atoms with Crippen LogP contribution in [0.25, 0.3) is 90.9 Å². The zero-order chi connectivity index (χ0) is 31.9. The molecule has 2 aliphatic heterocycles. The summed E-state index contributed by atoms with van der Waals surface area (Å²) in [6, 6.07) is 50.0. The van der Waals surface area contributed by atoms with Crippen LogP contribution in [0.4, 0.5) is 0 Å². The fraction of sp³-hybridized carbons (Fsp3) is 0. The Kier molecular flexibility index (Phi) is 7.98. The number of benzene rings is 4. The first-order chi connectivity index (χ1) is 23.8. The normalized spacial score (nSPS) is 11.8. The van der Waals surface area contributed by atoms with Crippen molar-refractivity contribution in [2.45, 2.75) is 0 Å². The smallest absolute Gasteiger partial charge is 0.657 e. The molecule has 3 aromatic heterocycles. The average Bonchev–Trinajstić information content (AvgIpc) is 3.98. The molecule has 0 unspecified atom stereocenters. The molecule has 0 atom stereocenters. The van der Waals surface area contributed by atoms with Crippen molar-refractivity contribution in [2.75, 3.05) is 0 Å². The molecule has 0 saturated carbocycles. The number of hydrogen-bond acceptors (Lipinski definition) is 2. The molecule has 49 heavy (non-hydrogen) atoms. The van der Waals surface area contributed by atoms with Crippen LogP contribution in [-0.4, -0.2) is 9.97 Å². The van der Waals surface area contributed by atoms with Gasteiger partial charge in [0, 0.05) is 0 Å². The molecule has 0 saturated heterocycles. The van der Waals surface area contributed by atoms with Gasteiger partial charge in [-0.05, 0) is 68.8 Å². The molecule has 0 radical (unpaired) electrons. The third-order valence-corrected chi connectivity index (χ3v) is 8.86. The first-order valence-electron chi connectivity index (χ1n) is 16.1. The Hall–Kier alpha value is -6.00. The molecule has 0 fully saturated rings. The van der Waals surface area contributed by atoms with Crippen LogP contribution in [0.2, 0.25) is 0 Å². The fourth-order valence-corrected chi connectivity index (χ4v) is 6.69. The average molecular weight is 669 g/mol. The van der Waals surface area contributed by atoms with Gasteiger partial charge in [0.1, 0.15) is 0 Å². The Morgan fingerprint density at radius 3 is 0.735 bits per heavy atom. The SMILES string of the molecule is C1=Cc2nc1c(-c1ccccc1)c1ccc([n-]1)c(-c1ccccc1)c1nc(c(-c3ccccc3)c3ccc([n-]3)c2-c2ccccc2)C=C1.[Fe+2]. The predicted molar refractivity (Wildman–Crippen MR) is 199 cm³/mol. The largest absolute Gasteiger partial charge is 2.00 e. The summed E-state index contributed by atoms with van der Waals surface area (Å²) in [5.41, 5.74) is 15.0. The van der Waals surface area contributed by atoms with Gasteiger partial charge in [-0.1, -0.05) is 146 Å². The zero-order valence-corrected chi connectivity index (χ0v) is 27.4. The summed E-state index contributed by atoms with van der Waals surface area (Å²) in [5.74, 6) is 0. The van der Waals surface area contributed by atoms with Gasteiger partial charge in [0.25, 0.3) is 0 Å². The van der Waals surface area contributed by atoms with E-state index in [0.717, 1.165) is 89.4 Å². The molecule has 232 valence electrons. The van der Waals surface area contributed by atoms with E-state index in [9.17, 15) is 0 Å². The minimum absolute atomic E-state index is 0. The summed E-state index contributed by atoms with van der Waals surface area (Å²) in [5, 5.41) is 0. The standard InChI is InChI=1S/C44H28N4.Fe/c1-5-13-29(14-6-1)41-33-21-23-35(45-33)42(30-15-7-2-8-16-30)37-25-27-39(47-37)44(32-19-11-4-12-20-32)40-28-26-38(48-40)43(31-17-9-3-10-18-31)36-24-22-34(41)46-36;/h1-28H;/q-2;+2. The molecular weight excluding hydrogens is 640 g/mol. The third kappa shape index (κ3) is 5.55. The molecule has 0 spiro atoms. The number of rotatable bonds is 4. The van der Waals surface area contributed by atoms with Crippen LogP contribution in [-0.2, 0) is 17.1 Å². The van der Waals surface area contributed by atoms with E-state index in [0.29, 0.717) is 0 Å². The van der Waals surface area contributed by atoms with Crippen LogP contribution in [0.15, 0.2) is 146 Å². The van der Waals surface area contributed by atoms with Crippen molar-refractivity contribution < 1.29 is 17.1 Å². The topological polar surface area (TPSA) is 54.0 Å². The van der Waals surface area contributed by atoms with Gasteiger partial charge in [0.05, 0.1) is 22.8 Å². The van der Waals surface area contributed by atoms with E-state index in [1.165, 1.54) is 0 Å². The predicted octanol–water partition coefficient (Wildman–Crippen LogP) is 10.6. The number of nitrogens with zero attached hydrogens (tertiary/aromatic N) is 4. The molecule has 0 N–H and O–H groups in total. The van der Waals surface area contributed by atoms with Gasteiger partial charge < -0.3 is 9.97 Å². The van der Waals surface area contributed by atoms with Crippen molar-refractivity contribution >= 4 is 46.4 Å². The van der Waals surface area contributed by atoms with E-state index in [1.807, 2.05) is 24.3 Å². The molecule has 0 amide bonds. The summed E-state index contributed by atoms with van der Waals surface area (Å²) in [6.45, 7) is 0. The Labute approximate surface area is 295 Å². The van der Waals surface area contributed by atoms with Crippen LogP contribution in [0.3, 0.4) is 0 Å². The maximum Gasteiger partial charge on any atom is 2.00 e. The Bertz CT molecular complexity index is 2180. The molecule has 9 rings (SSSR count). The van der Waals surface area contributed by atoms with Gasteiger partial charge in [-0.25, -0.2) is 9.97 Å². The van der Waals surface area contributed by atoms with E-state index in [2.05, 4.69) is 146 Å². The van der Waals surface area contributed by atoms with Crippen LogP contribution in [0, 0.1) is 0 Å². The molecule has 0 aliphatic carbocycles. The van der Waals surface area contributed by atoms with Crippen LogP contribution in [0.5, 0.6) is 0 Å². The van der Waals surface area contributed by atoms with Crippen molar-refractivity contribution in [3.05, 3.63) is 168 Å². The van der Waals surface area contributed by atoms with Crippen molar-refractivity contribution in [3.8, 4) is 44.5 Å². The Balaban J connectivity index is 0.00000348. The fourth-order valence-electron chi connectivity index (χ4n) is 6.69. The first-order valence-corrected chi connectivity index (χ1v) is 16.1. The molecule has 2 aliphatic rings. The second-order valence-corrected chi connectivity index (χ2v) is 11.8. The Morgan fingerprint density at radius 1 is 0.286 bits per heavy atom. The number of hydrogen-bond donors (Lipinski definition) is 0. The van der Waals surface area contributed by atoms with Gasteiger partial charge in [-0.15, -0.1) is 22.1 Å². The molecule has 8 bridgehead atoms. The second kappa shape index (κ2) is 12.9. The quantitative estimate of drug-likeness (QED) is 0.175. The van der Waals surface area contributed by atoms with Gasteiger partial charge in [-0.2, -0.15) is 0 Å². The maximum atomic E-state index is 5.31. The first kappa shape index (κ1) is 30.3. The van der Waals surface area contributed by atoms with Crippen molar-refractivity contribution in [1.29, 1.82) is 0 Å². The van der Waals surface area contributed by atoms with Crippen LogP contribution in [0.1, 0.15) is 22.8 Å². The molecule has 7 aromatic rings. The van der Waals surface area contributed by atoms with Crippen molar-refractivity contribution in [1.82, 2.24) is 19.9 Å². The summed E-state index contributed by atoms with van der Waals surface area (Å²) in [4.78, 5) is 21.2. The monoisotopic (exact) mass is 668 g/mol. The molecular formula is C44H28FeN4. The summed E-state index contributed by atoms with van der Waals surface area (Å²) in [6.07, 6.45) is 8.41.